The minimum absolute atomic E-state index is 0.0544. The van der Waals surface area contributed by atoms with Crippen LogP contribution in [-0.4, -0.2) is 11.1 Å². The third-order valence-corrected chi connectivity index (χ3v) is 1.28. The Labute approximate surface area is 72.4 Å². The predicted molar refractivity (Wildman–Crippen MR) is 52.1 cm³/mol. The molecule has 2 nitrogen and oxygen atoms in total. The first-order chi connectivity index (χ1) is 4.57. The van der Waals surface area contributed by atoms with Crippen LogP contribution in [0.2, 0.25) is 0 Å². The smallest absolute Gasteiger partial charge is 0.0665 e. The highest BCUT2D eigenvalue weighted by Gasteiger charge is 1.99. The largest absolute Gasteiger partial charge is 0.372 e. The van der Waals surface area contributed by atoms with Crippen LogP contribution < -0.4 is 5.32 Å². The Morgan fingerprint density at radius 2 is 2.20 bits per heavy atom. The predicted octanol–water partition coefficient (Wildman–Crippen LogP) is 1.66. The van der Waals surface area contributed by atoms with E-state index in [1.54, 1.807) is 12.3 Å². The van der Waals surface area contributed by atoms with Crippen LogP contribution in [0.1, 0.15) is 13.8 Å². The van der Waals surface area contributed by atoms with Gasteiger partial charge in [0.1, 0.15) is 0 Å². The molecular weight excluding hydrogens is 164 g/mol. The van der Waals surface area contributed by atoms with Gasteiger partial charge in [-0.15, -0.1) is 12.6 Å². The maximum absolute atomic E-state index is 7.23. The Bertz CT molecular complexity index is 152. The summed E-state index contributed by atoms with van der Waals surface area (Å²) in [4.78, 5) is 0. The zero-order valence-corrected chi connectivity index (χ0v) is 7.84. The first-order valence-electron chi connectivity index (χ1n) is 2.92. The third-order valence-electron chi connectivity index (χ3n) is 0.897. The average Bonchev–Trinajstić information content (AvgIpc) is 1.81. The van der Waals surface area contributed by atoms with Gasteiger partial charge in [-0.1, -0.05) is 0 Å². The van der Waals surface area contributed by atoms with Gasteiger partial charge >= 0.3 is 0 Å². The Hall–Kier alpha value is -0.0900. The van der Waals surface area contributed by atoms with E-state index in [0.717, 1.165) is 0 Å². The molecule has 0 heterocycles. The van der Waals surface area contributed by atoms with E-state index in [0.29, 0.717) is 11.4 Å². The molecule has 1 unspecified atom stereocenters. The molecule has 0 amide bonds. The quantitative estimate of drug-likeness (QED) is 0.295. The fraction of sp³-hybridized carbons (Fsp3) is 0.500. The number of rotatable bonds is 3. The highest BCUT2D eigenvalue weighted by atomic mass is 32.1. The summed E-state index contributed by atoms with van der Waals surface area (Å²) in [6.45, 7) is 3.59. The van der Waals surface area contributed by atoms with Crippen molar-refractivity contribution in [2.24, 2.45) is 0 Å². The second-order valence-corrected chi connectivity index (χ2v) is 3.02. The van der Waals surface area contributed by atoms with Crippen LogP contribution in [0.4, 0.5) is 0 Å². The number of thiol groups is 2. The van der Waals surface area contributed by atoms with Gasteiger partial charge in [-0.2, -0.15) is 12.6 Å². The molecule has 0 saturated carbocycles. The summed E-state index contributed by atoms with van der Waals surface area (Å²) in [7, 11) is 0. The van der Waals surface area contributed by atoms with Crippen LogP contribution in [0, 0.1) is 5.41 Å². The summed E-state index contributed by atoms with van der Waals surface area (Å²) in [5, 5.41) is 11.8. The van der Waals surface area contributed by atoms with Gasteiger partial charge in [-0.25, -0.2) is 0 Å². The molecule has 4 heteroatoms. The standard InChI is InChI=1S/C6H12N2S2/c1-4(7)6(3-9)8-5(2)10/h3,5,7-10H,1-2H3/b6-3+,7-4?. The molecule has 1 atom stereocenters. The third kappa shape index (κ3) is 3.85. The van der Waals surface area contributed by atoms with Crippen molar-refractivity contribution in [3.63, 3.8) is 0 Å². The maximum Gasteiger partial charge on any atom is 0.0665 e. The molecule has 0 spiro atoms. The molecular formula is C6H12N2S2. The molecule has 0 aliphatic heterocycles. The van der Waals surface area contributed by atoms with Crippen molar-refractivity contribution in [3.8, 4) is 0 Å². The summed E-state index contributed by atoms with van der Waals surface area (Å²) < 4.78 is 0. The fourth-order valence-corrected chi connectivity index (χ4v) is 0.875. The van der Waals surface area contributed by atoms with Crippen LogP contribution >= 0.6 is 25.3 Å². The van der Waals surface area contributed by atoms with Crippen LogP contribution in [-0.2, 0) is 0 Å². The van der Waals surface area contributed by atoms with Crippen molar-refractivity contribution in [3.05, 3.63) is 11.1 Å². The van der Waals surface area contributed by atoms with E-state index in [4.69, 9.17) is 5.41 Å². The van der Waals surface area contributed by atoms with Crippen molar-refractivity contribution in [1.82, 2.24) is 5.32 Å². The van der Waals surface area contributed by atoms with Gasteiger partial charge < -0.3 is 10.7 Å². The lowest BCUT2D eigenvalue weighted by Gasteiger charge is -2.10. The van der Waals surface area contributed by atoms with Crippen molar-refractivity contribution >= 4 is 31.0 Å². The molecule has 0 aliphatic rings. The monoisotopic (exact) mass is 176 g/mol. The van der Waals surface area contributed by atoms with Crippen molar-refractivity contribution in [1.29, 1.82) is 5.41 Å². The van der Waals surface area contributed by atoms with E-state index in [2.05, 4.69) is 30.6 Å². The van der Waals surface area contributed by atoms with E-state index in [1.165, 1.54) is 0 Å². The summed E-state index contributed by atoms with van der Waals surface area (Å²) in [6.07, 6.45) is 0. The zero-order valence-electron chi connectivity index (χ0n) is 6.05. The highest BCUT2D eigenvalue weighted by molar-refractivity contribution is 7.83. The second kappa shape index (κ2) is 4.68. The Balaban J connectivity index is 3.99. The van der Waals surface area contributed by atoms with E-state index >= 15 is 0 Å². The minimum atomic E-state index is 0.0544. The fourth-order valence-electron chi connectivity index (χ4n) is 0.467. The Morgan fingerprint density at radius 3 is 2.30 bits per heavy atom. The number of nitrogens with one attached hydrogen (secondary N) is 2. The summed E-state index contributed by atoms with van der Waals surface area (Å²) in [5.41, 5.74) is 1.18. The van der Waals surface area contributed by atoms with Crippen molar-refractivity contribution in [2.75, 3.05) is 0 Å². The highest BCUT2D eigenvalue weighted by Crippen LogP contribution is 1.98. The topological polar surface area (TPSA) is 35.9 Å². The van der Waals surface area contributed by atoms with Gasteiger partial charge in [0, 0.05) is 0 Å². The molecule has 0 radical (unpaired) electrons. The number of hydrogen-bond donors (Lipinski definition) is 4. The van der Waals surface area contributed by atoms with E-state index < -0.39 is 0 Å². The van der Waals surface area contributed by atoms with E-state index in [1.807, 2.05) is 6.92 Å². The lowest BCUT2D eigenvalue weighted by molar-refractivity contribution is 0.837. The lowest BCUT2D eigenvalue weighted by atomic mass is 10.3. The van der Waals surface area contributed by atoms with Gasteiger partial charge in [0.05, 0.1) is 16.8 Å². The average molecular weight is 176 g/mol. The Kier molecular flexibility index (Phi) is 4.64. The van der Waals surface area contributed by atoms with Gasteiger partial charge in [0.2, 0.25) is 0 Å². The molecule has 0 fully saturated rings. The lowest BCUT2D eigenvalue weighted by Crippen LogP contribution is -2.23. The molecule has 0 saturated heterocycles. The molecule has 10 heavy (non-hydrogen) atoms. The van der Waals surface area contributed by atoms with Crippen molar-refractivity contribution < 1.29 is 0 Å². The number of hydrogen-bond acceptors (Lipinski definition) is 4. The van der Waals surface area contributed by atoms with E-state index in [-0.39, 0.29) is 5.37 Å². The summed E-state index contributed by atoms with van der Waals surface area (Å²) in [6, 6.07) is 0. The second-order valence-electron chi connectivity index (χ2n) is 1.99. The summed E-state index contributed by atoms with van der Waals surface area (Å²) >= 11 is 8.03. The van der Waals surface area contributed by atoms with Gasteiger partial charge in [0.15, 0.2) is 0 Å². The molecule has 0 aromatic heterocycles. The molecule has 0 bridgehead atoms. The summed E-state index contributed by atoms with van der Waals surface area (Å²) in [5.74, 6) is 0. The number of allylic oxidation sites excluding steroid dienone is 1. The molecule has 2 N–H and O–H groups in total. The molecule has 0 aromatic rings. The molecule has 58 valence electrons. The van der Waals surface area contributed by atoms with Gasteiger partial charge in [-0.05, 0) is 19.3 Å². The van der Waals surface area contributed by atoms with Crippen LogP contribution in [0.25, 0.3) is 0 Å². The maximum atomic E-state index is 7.23. The first-order valence-corrected chi connectivity index (χ1v) is 3.95. The minimum Gasteiger partial charge on any atom is -0.372 e. The van der Waals surface area contributed by atoms with Crippen LogP contribution in [0.5, 0.6) is 0 Å². The molecule has 0 aromatic carbocycles. The SMILES string of the molecule is CC(=N)/C(=C\S)NC(C)S. The zero-order chi connectivity index (χ0) is 8.15. The molecule has 0 rings (SSSR count). The first kappa shape index (κ1) is 9.91. The normalized spacial score (nSPS) is 14.6. The van der Waals surface area contributed by atoms with Gasteiger partial charge in [-0.3, -0.25) is 0 Å². The van der Waals surface area contributed by atoms with Crippen molar-refractivity contribution in [2.45, 2.75) is 19.2 Å². The van der Waals surface area contributed by atoms with Crippen LogP contribution in [0.15, 0.2) is 11.1 Å². The van der Waals surface area contributed by atoms with Gasteiger partial charge in [0.25, 0.3) is 0 Å². The molecule has 0 aliphatic carbocycles. The van der Waals surface area contributed by atoms with Crippen LogP contribution in [0.3, 0.4) is 0 Å². The Morgan fingerprint density at radius 1 is 1.70 bits per heavy atom. The van der Waals surface area contributed by atoms with E-state index in [9.17, 15) is 0 Å².